The van der Waals surface area contributed by atoms with Crippen LogP contribution in [-0.2, 0) is 6.54 Å². The summed E-state index contributed by atoms with van der Waals surface area (Å²) in [6, 6.07) is 15.5. The molecule has 0 aliphatic heterocycles. The Kier molecular flexibility index (Phi) is 5.29. The maximum absolute atomic E-state index is 12.8. The number of carbonyl (C=O) groups excluding carboxylic acids is 2. The van der Waals surface area contributed by atoms with Crippen molar-refractivity contribution in [2.75, 3.05) is 5.32 Å². The molecule has 4 rings (SSSR count). The number of rotatable bonds is 5. The van der Waals surface area contributed by atoms with Crippen LogP contribution in [0.25, 0.3) is 10.2 Å². The van der Waals surface area contributed by atoms with Gasteiger partial charge in [0.2, 0.25) is 0 Å². The van der Waals surface area contributed by atoms with Crippen LogP contribution in [0.5, 0.6) is 0 Å². The van der Waals surface area contributed by atoms with Gasteiger partial charge in [0.05, 0.1) is 18.3 Å². The van der Waals surface area contributed by atoms with Crippen molar-refractivity contribution in [2.24, 2.45) is 0 Å². The smallest absolute Gasteiger partial charge is 0.262 e. The van der Waals surface area contributed by atoms with Crippen LogP contribution in [0.1, 0.15) is 31.2 Å². The third-order valence-corrected chi connectivity index (χ3v) is 6.09. The fraction of sp³-hybridized carbons (Fsp3) is 0.130. The Morgan fingerprint density at radius 2 is 1.70 bits per heavy atom. The first-order valence-corrected chi connectivity index (χ1v) is 10.2. The van der Waals surface area contributed by atoms with E-state index in [-0.39, 0.29) is 23.8 Å². The van der Waals surface area contributed by atoms with Crippen LogP contribution in [-0.4, -0.2) is 21.2 Å². The van der Waals surface area contributed by atoms with Crippen LogP contribution in [0, 0.1) is 13.8 Å². The van der Waals surface area contributed by atoms with E-state index in [0.717, 1.165) is 10.4 Å². The van der Waals surface area contributed by atoms with E-state index >= 15 is 0 Å². The monoisotopic (exact) mass is 417 g/mol. The van der Waals surface area contributed by atoms with Crippen LogP contribution < -0.4 is 10.9 Å². The van der Waals surface area contributed by atoms with Crippen molar-refractivity contribution in [3.8, 4) is 0 Å². The van der Waals surface area contributed by atoms with Gasteiger partial charge in [0.1, 0.15) is 4.83 Å². The Labute approximate surface area is 176 Å². The normalized spacial score (nSPS) is 10.9. The molecule has 2 aromatic heterocycles. The van der Waals surface area contributed by atoms with Crippen molar-refractivity contribution >= 4 is 38.9 Å². The van der Waals surface area contributed by atoms with Gasteiger partial charge in [0, 0.05) is 21.7 Å². The number of carbonyl (C=O) groups is 2. The number of hydrogen-bond acceptors (Lipinski definition) is 5. The molecule has 6 nitrogen and oxygen atoms in total. The predicted molar refractivity (Wildman–Crippen MR) is 119 cm³/mol. The molecule has 0 saturated heterocycles. The van der Waals surface area contributed by atoms with Gasteiger partial charge in [-0.25, -0.2) is 4.98 Å². The molecule has 2 aromatic carbocycles. The summed E-state index contributed by atoms with van der Waals surface area (Å²) in [5.74, 6) is -0.425. The summed E-state index contributed by atoms with van der Waals surface area (Å²) in [6.45, 7) is 3.76. The second kappa shape index (κ2) is 8.04. The third-order valence-electron chi connectivity index (χ3n) is 4.97. The summed E-state index contributed by atoms with van der Waals surface area (Å²) in [6.07, 6.45) is 1.42. The maximum Gasteiger partial charge on any atom is 0.262 e. The molecule has 0 spiro atoms. The molecule has 0 atom stereocenters. The molecular weight excluding hydrogens is 398 g/mol. The van der Waals surface area contributed by atoms with E-state index in [4.69, 9.17) is 0 Å². The first-order valence-electron chi connectivity index (χ1n) is 9.39. The summed E-state index contributed by atoms with van der Waals surface area (Å²) >= 11 is 1.48. The zero-order valence-corrected chi connectivity index (χ0v) is 17.3. The van der Waals surface area contributed by atoms with Crippen LogP contribution in [0.4, 0.5) is 5.69 Å². The van der Waals surface area contributed by atoms with Gasteiger partial charge in [-0.1, -0.05) is 18.2 Å². The number of nitrogens with zero attached hydrogens (tertiary/aromatic N) is 2. The predicted octanol–water partition coefficient (Wildman–Crippen LogP) is 4.21. The second-order valence-corrected chi connectivity index (χ2v) is 8.16. The van der Waals surface area contributed by atoms with Crippen molar-refractivity contribution in [3.63, 3.8) is 0 Å². The Hall–Kier alpha value is -3.58. The largest absolute Gasteiger partial charge is 0.322 e. The summed E-state index contributed by atoms with van der Waals surface area (Å²) in [7, 11) is 0. The van der Waals surface area contributed by atoms with Crippen LogP contribution in [0.15, 0.2) is 65.7 Å². The van der Waals surface area contributed by atoms with E-state index in [2.05, 4.69) is 10.3 Å². The lowest BCUT2D eigenvalue weighted by Gasteiger charge is -2.08. The highest BCUT2D eigenvalue weighted by Crippen LogP contribution is 2.25. The number of Topliss-reactive ketones (excluding diaryl/α,β-unsaturated/α-hetero) is 1. The summed E-state index contributed by atoms with van der Waals surface area (Å²) in [4.78, 5) is 43.7. The first kappa shape index (κ1) is 19.7. The average molecular weight is 417 g/mol. The zero-order chi connectivity index (χ0) is 21.3. The standard InChI is InChI=1S/C23H19N3O3S/c1-14-15(2)30-22-20(14)23(29)26(13-24-22)12-19(27)16-8-10-18(11-9-16)25-21(28)17-6-4-3-5-7-17/h3-11,13H,12H2,1-2H3,(H,25,28). The Morgan fingerprint density at radius 3 is 2.40 bits per heavy atom. The van der Waals surface area contributed by atoms with Gasteiger partial charge >= 0.3 is 0 Å². The molecule has 1 N–H and O–H groups in total. The molecule has 7 heteroatoms. The lowest BCUT2D eigenvalue weighted by atomic mass is 10.1. The highest BCUT2D eigenvalue weighted by atomic mass is 32.1. The minimum atomic E-state index is -0.220. The molecule has 0 aliphatic rings. The highest BCUT2D eigenvalue weighted by molar-refractivity contribution is 7.18. The Morgan fingerprint density at radius 1 is 1.00 bits per heavy atom. The van der Waals surface area contributed by atoms with Gasteiger partial charge in [-0.3, -0.25) is 19.0 Å². The molecule has 2 heterocycles. The van der Waals surface area contributed by atoms with E-state index in [1.165, 1.54) is 22.2 Å². The third kappa shape index (κ3) is 3.79. The number of fused-ring (bicyclic) bond motifs is 1. The van der Waals surface area contributed by atoms with Gasteiger partial charge in [-0.2, -0.15) is 0 Å². The highest BCUT2D eigenvalue weighted by Gasteiger charge is 2.15. The van der Waals surface area contributed by atoms with E-state index in [1.807, 2.05) is 19.9 Å². The van der Waals surface area contributed by atoms with Crippen LogP contribution in [0.3, 0.4) is 0 Å². The fourth-order valence-electron chi connectivity index (χ4n) is 3.16. The van der Waals surface area contributed by atoms with Crippen molar-refractivity contribution in [1.82, 2.24) is 9.55 Å². The quantitative estimate of drug-likeness (QED) is 0.493. The molecule has 0 unspecified atom stereocenters. The second-order valence-electron chi connectivity index (χ2n) is 6.96. The molecule has 0 fully saturated rings. The van der Waals surface area contributed by atoms with Crippen molar-refractivity contribution < 1.29 is 9.59 Å². The number of ketones is 1. The van der Waals surface area contributed by atoms with Gasteiger partial charge in [0.25, 0.3) is 11.5 Å². The number of thiophene rings is 1. The topological polar surface area (TPSA) is 81.1 Å². The summed E-state index contributed by atoms with van der Waals surface area (Å²) < 4.78 is 1.34. The van der Waals surface area contributed by atoms with Gasteiger partial charge in [-0.15, -0.1) is 11.3 Å². The van der Waals surface area contributed by atoms with Gasteiger partial charge < -0.3 is 5.32 Å². The molecule has 0 radical (unpaired) electrons. The first-order chi connectivity index (χ1) is 14.4. The van der Waals surface area contributed by atoms with Crippen molar-refractivity contribution in [3.05, 3.63) is 92.8 Å². The number of benzene rings is 2. The number of anilines is 1. The van der Waals surface area contributed by atoms with Crippen LogP contribution >= 0.6 is 11.3 Å². The summed E-state index contributed by atoms with van der Waals surface area (Å²) in [5.41, 5.74) is 2.30. The van der Waals surface area contributed by atoms with E-state index < -0.39 is 0 Å². The maximum atomic E-state index is 12.8. The molecule has 30 heavy (non-hydrogen) atoms. The number of aromatic nitrogens is 2. The summed E-state index contributed by atoms with van der Waals surface area (Å²) in [5, 5.41) is 3.37. The van der Waals surface area contributed by atoms with Gasteiger partial charge in [-0.05, 0) is 55.8 Å². The lowest BCUT2D eigenvalue weighted by molar-refractivity contribution is 0.0970. The van der Waals surface area contributed by atoms with Crippen LogP contribution in [0.2, 0.25) is 0 Å². The molecule has 0 aliphatic carbocycles. The Bertz CT molecular complexity index is 1310. The minimum Gasteiger partial charge on any atom is -0.322 e. The molecule has 1 amide bonds. The number of hydrogen-bond donors (Lipinski definition) is 1. The van der Waals surface area contributed by atoms with Crippen molar-refractivity contribution in [1.29, 1.82) is 0 Å². The molecule has 0 bridgehead atoms. The molecule has 150 valence electrons. The number of amides is 1. The van der Waals surface area contributed by atoms with Crippen molar-refractivity contribution in [2.45, 2.75) is 20.4 Å². The van der Waals surface area contributed by atoms with E-state index in [1.54, 1.807) is 48.5 Å². The minimum absolute atomic E-state index is 0.0914. The molecule has 0 saturated carbocycles. The molecular formula is C23H19N3O3S. The SMILES string of the molecule is Cc1sc2ncn(CC(=O)c3ccc(NC(=O)c4ccccc4)cc3)c(=O)c2c1C. The Balaban J connectivity index is 1.50. The fourth-order valence-corrected chi connectivity index (χ4v) is 4.15. The lowest BCUT2D eigenvalue weighted by Crippen LogP contribution is -2.24. The zero-order valence-electron chi connectivity index (χ0n) is 16.5. The van der Waals surface area contributed by atoms with Gasteiger partial charge in [0.15, 0.2) is 5.78 Å². The number of aryl methyl sites for hydroxylation is 2. The van der Waals surface area contributed by atoms with E-state index in [9.17, 15) is 14.4 Å². The average Bonchev–Trinajstić information content (AvgIpc) is 3.05. The number of nitrogens with one attached hydrogen (secondary N) is 1. The van der Waals surface area contributed by atoms with E-state index in [0.29, 0.717) is 27.0 Å². The molecule has 4 aromatic rings.